The second-order valence-electron chi connectivity index (χ2n) is 4.51. The molecule has 19 heavy (non-hydrogen) atoms. The van der Waals surface area contributed by atoms with Crippen molar-refractivity contribution in [3.05, 3.63) is 41.5 Å². The quantitative estimate of drug-likeness (QED) is 0.737. The molecule has 0 amide bonds. The molecular formula is C16H18O3. The van der Waals surface area contributed by atoms with Crippen LogP contribution in [0, 0.1) is 0 Å². The van der Waals surface area contributed by atoms with Gasteiger partial charge in [-0.15, -0.1) is 0 Å². The molecule has 0 heterocycles. The lowest BCUT2D eigenvalue weighted by atomic mass is 9.91. The molecule has 3 heteroatoms. The molecule has 100 valence electrons. The van der Waals surface area contributed by atoms with Crippen LogP contribution in [0.1, 0.15) is 25.0 Å². The van der Waals surface area contributed by atoms with E-state index in [2.05, 4.69) is 6.92 Å². The van der Waals surface area contributed by atoms with Crippen LogP contribution in [0.4, 0.5) is 0 Å². The minimum Gasteiger partial charge on any atom is -0.507 e. The zero-order valence-corrected chi connectivity index (χ0v) is 11.1. The van der Waals surface area contributed by atoms with Gasteiger partial charge in [-0.05, 0) is 47.7 Å². The normalized spacial score (nSPS) is 10.6. The lowest BCUT2D eigenvalue weighted by molar-refractivity contribution is 0.404. The number of aryl methyl sites for hydroxylation is 1. The average Bonchev–Trinajstić information content (AvgIpc) is 2.41. The molecular weight excluding hydrogens is 240 g/mol. The fourth-order valence-electron chi connectivity index (χ4n) is 2.41. The number of hydrogen-bond donors (Lipinski definition) is 3. The highest BCUT2D eigenvalue weighted by Gasteiger charge is 2.14. The Labute approximate surface area is 112 Å². The van der Waals surface area contributed by atoms with Crippen molar-refractivity contribution in [2.75, 3.05) is 0 Å². The molecule has 0 aliphatic heterocycles. The standard InChI is InChI=1S/C16H18O3/c1-3-10-5-8-14(18)16(12(10)4-2)11-6-7-13(17)15(19)9-11/h5-9,17-19H,3-4H2,1-2H3. The van der Waals surface area contributed by atoms with Crippen molar-refractivity contribution in [2.24, 2.45) is 0 Å². The van der Waals surface area contributed by atoms with E-state index in [0.717, 1.165) is 24.0 Å². The first kappa shape index (κ1) is 13.3. The molecule has 3 N–H and O–H groups in total. The molecule has 0 saturated carbocycles. The summed E-state index contributed by atoms with van der Waals surface area (Å²) in [7, 11) is 0. The third kappa shape index (κ3) is 2.36. The van der Waals surface area contributed by atoms with E-state index in [-0.39, 0.29) is 17.2 Å². The Hall–Kier alpha value is -2.16. The minimum atomic E-state index is -0.180. The van der Waals surface area contributed by atoms with Crippen LogP contribution in [0.2, 0.25) is 0 Å². The number of benzene rings is 2. The Morgan fingerprint density at radius 3 is 2.05 bits per heavy atom. The highest BCUT2D eigenvalue weighted by molar-refractivity contribution is 5.76. The smallest absolute Gasteiger partial charge is 0.158 e. The Morgan fingerprint density at radius 2 is 1.47 bits per heavy atom. The first-order chi connectivity index (χ1) is 9.08. The second-order valence-corrected chi connectivity index (χ2v) is 4.51. The number of hydrogen-bond acceptors (Lipinski definition) is 3. The first-order valence-electron chi connectivity index (χ1n) is 6.44. The van der Waals surface area contributed by atoms with Gasteiger partial charge in [-0.3, -0.25) is 0 Å². The topological polar surface area (TPSA) is 60.7 Å². The van der Waals surface area contributed by atoms with E-state index in [1.807, 2.05) is 13.0 Å². The number of aromatic hydroxyl groups is 3. The zero-order chi connectivity index (χ0) is 14.0. The van der Waals surface area contributed by atoms with E-state index in [1.54, 1.807) is 12.1 Å². The van der Waals surface area contributed by atoms with Gasteiger partial charge in [0.25, 0.3) is 0 Å². The van der Waals surface area contributed by atoms with Gasteiger partial charge >= 0.3 is 0 Å². The van der Waals surface area contributed by atoms with Crippen LogP contribution in [0.3, 0.4) is 0 Å². The van der Waals surface area contributed by atoms with Crippen LogP contribution in [-0.2, 0) is 12.8 Å². The lowest BCUT2D eigenvalue weighted by Gasteiger charge is -2.15. The Morgan fingerprint density at radius 1 is 0.789 bits per heavy atom. The van der Waals surface area contributed by atoms with E-state index in [4.69, 9.17) is 0 Å². The molecule has 0 aliphatic rings. The van der Waals surface area contributed by atoms with E-state index >= 15 is 0 Å². The summed E-state index contributed by atoms with van der Waals surface area (Å²) >= 11 is 0. The van der Waals surface area contributed by atoms with Gasteiger partial charge in [-0.25, -0.2) is 0 Å². The second kappa shape index (κ2) is 5.22. The van der Waals surface area contributed by atoms with Crippen molar-refractivity contribution in [2.45, 2.75) is 26.7 Å². The summed E-state index contributed by atoms with van der Waals surface area (Å²) in [4.78, 5) is 0. The Kier molecular flexibility index (Phi) is 3.65. The summed E-state index contributed by atoms with van der Waals surface area (Å²) in [5.41, 5.74) is 3.70. The SMILES string of the molecule is CCc1ccc(O)c(-c2ccc(O)c(O)c2)c1CC. The largest absolute Gasteiger partial charge is 0.507 e. The molecule has 0 saturated heterocycles. The Balaban J connectivity index is 2.69. The molecule has 3 nitrogen and oxygen atoms in total. The number of phenolic OH excluding ortho intramolecular Hbond substituents is 3. The van der Waals surface area contributed by atoms with E-state index in [9.17, 15) is 15.3 Å². The van der Waals surface area contributed by atoms with Crippen molar-refractivity contribution in [1.82, 2.24) is 0 Å². The molecule has 0 spiro atoms. The predicted molar refractivity (Wildman–Crippen MR) is 75.6 cm³/mol. The van der Waals surface area contributed by atoms with Crippen LogP contribution in [0.25, 0.3) is 11.1 Å². The highest BCUT2D eigenvalue weighted by atomic mass is 16.3. The molecule has 0 fully saturated rings. The summed E-state index contributed by atoms with van der Waals surface area (Å²) in [6, 6.07) is 8.21. The average molecular weight is 258 g/mol. The van der Waals surface area contributed by atoms with Gasteiger partial charge in [0.2, 0.25) is 0 Å². The summed E-state index contributed by atoms with van der Waals surface area (Å²) in [6.07, 6.45) is 1.69. The van der Waals surface area contributed by atoms with E-state index < -0.39 is 0 Å². The number of rotatable bonds is 3. The van der Waals surface area contributed by atoms with Crippen molar-refractivity contribution >= 4 is 0 Å². The fraction of sp³-hybridized carbons (Fsp3) is 0.250. The Bertz CT molecular complexity index is 603. The van der Waals surface area contributed by atoms with Gasteiger partial charge in [-0.1, -0.05) is 26.0 Å². The predicted octanol–water partition coefficient (Wildman–Crippen LogP) is 3.60. The third-order valence-corrected chi connectivity index (χ3v) is 3.39. The maximum Gasteiger partial charge on any atom is 0.158 e. The highest BCUT2D eigenvalue weighted by Crippen LogP contribution is 2.38. The van der Waals surface area contributed by atoms with Crippen molar-refractivity contribution in [3.63, 3.8) is 0 Å². The summed E-state index contributed by atoms with van der Waals surface area (Å²) < 4.78 is 0. The van der Waals surface area contributed by atoms with Gasteiger partial charge in [-0.2, -0.15) is 0 Å². The van der Waals surface area contributed by atoms with Crippen LogP contribution in [-0.4, -0.2) is 15.3 Å². The minimum absolute atomic E-state index is 0.159. The zero-order valence-electron chi connectivity index (χ0n) is 11.1. The molecule has 0 radical (unpaired) electrons. The lowest BCUT2D eigenvalue weighted by Crippen LogP contribution is -1.95. The summed E-state index contributed by atoms with van der Waals surface area (Å²) in [5, 5.41) is 29.1. The maximum absolute atomic E-state index is 10.1. The third-order valence-electron chi connectivity index (χ3n) is 3.39. The van der Waals surface area contributed by atoms with Crippen LogP contribution >= 0.6 is 0 Å². The fourth-order valence-corrected chi connectivity index (χ4v) is 2.41. The van der Waals surface area contributed by atoms with Crippen molar-refractivity contribution < 1.29 is 15.3 Å². The molecule has 2 rings (SSSR count). The molecule has 0 bridgehead atoms. The maximum atomic E-state index is 10.1. The first-order valence-corrected chi connectivity index (χ1v) is 6.44. The van der Waals surface area contributed by atoms with Crippen LogP contribution < -0.4 is 0 Å². The molecule has 0 atom stereocenters. The van der Waals surface area contributed by atoms with Gasteiger partial charge in [0.15, 0.2) is 11.5 Å². The van der Waals surface area contributed by atoms with Crippen molar-refractivity contribution in [3.8, 4) is 28.4 Å². The van der Waals surface area contributed by atoms with E-state index in [1.165, 1.54) is 17.7 Å². The summed E-state index contributed by atoms with van der Waals surface area (Å²) in [6.45, 7) is 4.11. The molecule has 2 aromatic carbocycles. The van der Waals surface area contributed by atoms with Crippen molar-refractivity contribution in [1.29, 1.82) is 0 Å². The van der Waals surface area contributed by atoms with Gasteiger partial charge in [0.1, 0.15) is 5.75 Å². The van der Waals surface area contributed by atoms with E-state index in [0.29, 0.717) is 5.56 Å². The number of phenols is 3. The van der Waals surface area contributed by atoms with Gasteiger partial charge in [0, 0.05) is 5.56 Å². The van der Waals surface area contributed by atoms with Crippen LogP contribution in [0.15, 0.2) is 30.3 Å². The summed E-state index contributed by atoms with van der Waals surface area (Å²) in [5.74, 6) is -0.145. The molecule has 0 unspecified atom stereocenters. The van der Waals surface area contributed by atoms with Crippen LogP contribution in [0.5, 0.6) is 17.2 Å². The molecule has 0 aliphatic carbocycles. The molecule has 0 aromatic heterocycles. The van der Waals surface area contributed by atoms with Gasteiger partial charge in [0.05, 0.1) is 0 Å². The molecule has 2 aromatic rings. The van der Waals surface area contributed by atoms with Gasteiger partial charge < -0.3 is 15.3 Å². The monoisotopic (exact) mass is 258 g/mol.